The summed E-state index contributed by atoms with van der Waals surface area (Å²) in [6.45, 7) is 5.21. The molecule has 2 heterocycles. The molecule has 0 bridgehead atoms. The van der Waals surface area contributed by atoms with Gasteiger partial charge in [-0.1, -0.05) is 42.5 Å². The summed E-state index contributed by atoms with van der Waals surface area (Å²) in [7, 11) is 0. The van der Waals surface area contributed by atoms with Crippen LogP contribution in [0.15, 0.2) is 81.7 Å². The fraction of sp³-hybridized carbons (Fsp3) is 0.222. The zero-order chi connectivity index (χ0) is 22.8. The number of hydrogen-bond donors (Lipinski definition) is 0. The van der Waals surface area contributed by atoms with Crippen molar-refractivity contribution >= 4 is 23.6 Å². The Labute approximate surface area is 192 Å². The van der Waals surface area contributed by atoms with Gasteiger partial charge in [-0.25, -0.2) is 14.8 Å². The summed E-state index contributed by atoms with van der Waals surface area (Å²) in [5.74, 6) is 1.28. The maximum absolute atomic E-state index is 11.4. The van der Waals surface area contributed by atoms with Crippen LogP contribution in [0, 0.1) is 0 Å². The van der Waals surface area contributed by atoms with Crippen LogP contribution >= 0.6 is 0 Å². The average molecular weight is 437 g/mol. The first-order valence-electron chi connectivity index (χ1n) is 11.0. The van der Waals surface area contributed by atoms with Crippen LogP contribution in [0.5, 0.6) is 0 Å². The molecule has 0 amide bonds. The van der Waals surface area contributed by atoms with E-state index in [0.29, 0.717) is 30.7 Å². The monoisotopic (exact) mass is 437 g/mol. The van der Waals surface area contributed by atoms with Crippen LogP contribution in [0.3, 0.4) is 0 Å². The fourth-order valence-electron chi connectivity index (χ4n) is 4.08. The molecule has 0 saturated heterocycles. The highest BCUT2D eigenvalue weighted by Crippen LogP contribution is 2.39. The van der Waals surface area contributed by atoms with Gasteiger partial charge in [0.15, 0.2) is 0 Å². The molecule has 33 heavy (non-hydrogen) atoms. The first-order valence-corrected chi connectivity index (χ1v) is 11.0. The van der Waals surface area contributed by atoms with Gasteiger partial charge in [0.25, 0.3) is 0 Å². The molecule has 0 fully saturated rings. The van der Waals surface area contributed by atoms with Crippen molar-refractivity contribution < 1.29 is 14.3 Å². The normalized spacial score (nSPS) is 19.2. The highest BCUT2D eigenvalue weighted by Gasteiger charge is 2.19. The second-order valence-electron chi connectivity index (χ2n) is 8.25. The van der Waals surface area contributed by atoms with E-state index in [0.717, 1.165) is 33.4 Å². The average Bonchev–Trinajstić information content (AvgIpc) is 3.48. The lowest BCUT2D eigenvalue weighted by atomic mass is 9.94. The molecule has 0 N–H and O–H groups in total. The van der Waals surface area contributed by atoms with Crippen LogP contribution in [0.4, 0.5) is 5.69 Å². The summed E-state index contributed by atoms with van der Waals surface area (Å²) >= 11 is 0. The van der Waals surface area contributed by atoms with Crippen molar-refractivity contribution in [3.05, 3.63) is 77.9 Å². The minimum atomic E-state index is 0.144. The third kappa shape index (κ3) is 4.21. The van der Waals surface area contributed by atoms with E-state index in [2.05, 4.69) is 15.0 Å². The highest BCUT2D eigenvalue weighted by molar-refractivity contribution is 5.99. The Morgan fingerprint density at radius 1 is 0.758 bits per heavy atom. The number of nitrogens with zero attached hydrogens (tertiary/aromatic N) is 3. The van der Waals surface area contributed by atoms with Crippen molar-refractivity contribution in [3.8, 4) is 22.3 Å². The molecule has 6 heteroatoms. The number of carbonyl (C=O) groups excluding carboxylic acids is 1. The first kappa shape index (κ1) is 20.9. The van der Waals surface area contributed by atoms with E-state index in [-0.39, 0.29) is 12.1 Å². The summed E-state index contributed by atoms with van der Waals surface area (Å²) in [5.41, 5.74) is 5.86. The maximum atomic E-state index is 11.4. The molecule has 0 aliphatic carbocycles. The van der Waals surface area contributed by atoms with Gasteiger partial charge in [0.05, 0.1) is 17.8 Å². The Morgan fingerprint density at radius 2 is 1.21 bits per heavy atom. The predicted octanol–water partition coefficient (Wildman–Crippen LogP) is 5.32. The Balaban J connectivity index is 1.60. The predicted molar refractivity (Wildman–Crippen MR) is 129 cm³/mol. The summed E-state index contributed by atoms with van der Waals surface area (Å²) in [5, 5.41) is 0. The summed E-state index contributed by atoms with van der Waals surface area (Å²) in [4.78, 5) is 24.6. The van der Waals surface area contributed by atoms with Gasteiger partial charge in [-0.05, 0) is 49.2 Å². The van der Waals surface area contributed by atoms with Crippen LogP contribution < -0.4 is 0 Å². The molecule has 6 nitrogen and oxygen atoms in total. The Hall–Kier alpha value is -4.02. The van der Waals surface area contributed by atoms with Gasteiger partial charge in [-0.15, -0.1) is 0 Å². The lowest BCUT2D eigenvalue weighted by Gasteiger charge is -2.13. The Kier molecular flexibility index (Phi) is 5.59. The van der Waals surface area contributed by atoms with Crippen molar-refractivity contribution in [1.29, 1.82) is 0 Å². The van der Waals surface area contributed by atoms with E-state index in [1.54, 1.807) is 6.08 Å². The minimum absolute atomic E-state index is 0.144. The molecule has 0 radical (unpaired) electrons. The van der Waals surface area contributed by atoms with Crippen LogP contribution in [-0.2, 0) is 14.3 Å². The van der Waals surface area contributed by atoms with E-state index in [1.165, 1.54) is 0 Å². The van der Waals surface area contributed by atoms with Crippen LogP contribution in [0.2, 0.25) is 0 Å². The second kappa shape index (κ2) is 8.85. The summed E-state index contributed by atoms with van der Waals surface area (Å²) in [6, 6.07) is 22.0. The molecular weight excluding hydrogens is 414 g/mol. The highest BCUT2D eigenvalue weighted by atomic mass is 16.5. The van der Waals surface area contributed by atoms with Gasteiger partial charge in [-0.3, -0.25) is 0 Å². The standard InChI is InChI=1S/C27H23N3O3/c1-17-14-32-26(29-17)21-8-3-6-19(12-21)23-10-5-11-24(25(23)28-16-31)20-7-4-9-22(13-20)27-30-18(2)15-33-27/h3-13,17-18H,14-15H2,1-2H3/t17-,18-/m1/s1. The smallest absolute Gasteiger partial charge is 0.240 e. The van der Waals surface area contributed by atoms with Gasteiger partial charge >= 0.3 is 0 Å². The zero-order valence-electron chi connectivity index (χ0n) is 18.5. The van der Waals surface area contributed by atoms with Crippen LogP contribution in [-0.4, -0.2) is 43.2 Å². The number of isocyanates is 1. The molecule has 5 rings (SSSR count). The number of aliphatic imine (C=N–C) groups is 3. The van der Waals surface area contributed by atoms with Gasteiger partial charge in [-0.2, -0.15) is 4.99 Å². The van der Waals surface area contributed by atoms with Gasteiger partial charge in [0.2, 0.25) is 17.9 Å². The Bertz CT molecular complexity index is 1230. The molecule has 2 aliphatic rings. The van der Waals surface area contributed by atoms with E-state index in [4.69, 9.17) is 9.47 Å². The molecule has 164 valence electrons. The van der Waals surface area contributed by atoms with Gasteiger partial charge in [0.1, 0.15) is 13.2 Å². The maximum Gasteiger partial charge on any atom is 0.240 e. The molecule has 2 atom stereocenters. The zero-order valence-corrected chi connectivity index (χ0v) is 18.5. The Morgan fingerprint density at radius 3 is 1.64 bits per heavy atom. The number of ether oxygens (including phenoxy) is 2. The second-order valence-corrected chi connectivity index (χ2v) is 8.25. The summed E-state index contributed by atoms with van der Waals surface area (Å²) in [6.07, 6.45) is 1.73. The van der Waals surface area contributed by atoms with Gasteiger partial charge in [0, 0.05) is 22.3 Å². The molecule has 0 unspecified atom stereocenters. The molecule has 2 aliphatic heterocycles. The number of rotatable bonds is 5. The molecule has 3 aromatic rings. The van der Waals surface area contributed by atoms with Crippen molar-refractivity contribution in [1.82, 2.24) is 0 Å². The first-order chi connectivity index (χ1) is 16.1. The molecular formula is C27H23N3O3. The SMILES string of the molecule is C[C@@H]1COC(c2cccc(-c3cccc(-c4cccc(C5=N[C@H](C)CO5)c4)c3N=C=O)c2)=N1. The van der Waals surface area contributed by atoms with Crippen LogP contribution in [0.25, 0.3) is 22.3 Å². The third-order valence-corrected chi connectivity index (χ3v) is 5.63. The molecule has 0 spiro atoms. The van der Waals surface area contributed by atoms with E-state index >= 15 is 0 Å². The quantitative estimate of drug-likeness (QED) is 0.401. The third-order valence-electron chi connectivity index (χ3n) is 5.63. The van der Waals surface area contributed by atoms with Gasteiger partial charge < -0.3 is 9.47 Å². The lowest BCUT2D eigenvalue weighted by Crippen LogP contribution is -2.02. The molecule has 0 saturated carbocycles. The fourth-order valence-corrected chi connectivity index (χ4v) is 4.08. The van der Waals surface area contributed by atoms with Crippen LogP contribution in [0.1, 0.15) is 25.0 Å². The molecule has 3 aromatic carbocycles. The van der Waals surface area contributed by atoms with E-state index in [9.17, 15) is 4.79 Å². The summed E-state index contributed by atoms with van der Waals surface area (Å²) < 4.78 is 11.4. The van der Waals surface area contributed by atoms with Crippen molar-refractivity contribution in [3.63, 3.8) is 0 Å². The molecule has 0 aromatic heterocycles. The number of benzene rings is 3. The van der Waals surface area contributed by atoms with Crippen molar-refractivity contribution in [2.45, 2.75) is 25.9 Å². The minimum Gasteiger partial charge on any atom is -0.475 e. The van der Waals surface area contributed by atoms with Crippen molar-refractivity contribution in [2.24, 2.45) is 15.0 Å². The van der Waals surface area contributed by atoms with E-state index in [1.807, 2.05) is 80.6 Å². The number of hydrogen-bond acceptors (Lipinski definition) is 6. The van der Waals surface area contributed by atoms with Crippen molar-refractivity contribution in [2.75, 3.05) is 13.2 Å². The number of para-hydroxylation sites is 1. The lowest BCUT2D eigenvalue weighted by molar-refractivity contribution is 0.324. The topological polar surface area (TPSA) is 72.6 Å². The van der Waals surface area contributed by atoms with E-state index < -0.39 is 0 Å². The largest absolute Gasteiger partial charge is 0.475 e.